The van der Waals surface area contributed by atoms with E-state index in [1.165, 1.54) is 11.1 Å². The van der Waals surface area contributed by atoms with Crippen molar-refractivity contribution in [2.45, 2.75) is 38.8 Å². The summed E-state index contributed by atoms with van der Waals surface area (Å²) in [4.78, 5) is 0. The summed E-state index contributed by atoms with van der Waals surface area (Å²) in [6.45, 7) is 6.17. The molecule has 2 atom stereocenters. The molecule has 2 unspecified atom stereocenters. The van der Waals surface area contributed by atoms with E-state index in [9.17, 15) is 0 Å². The molecule has 88 valence electrons. The zero-order valence-corrected chi connectivity index (χ0v) is 10.2. The van der Waals surface area contributed by atoms with E-state index < -0.39 is 0 Å². The minimum Gasteiger partial charge on any atom is -0.380 e. The predicted molar refractivity (Wildman–Crippen MR) is 66.6 cm³/mol. The van der Waals surface area contributed by atoms with Crippen LogP contribution in [0, 0.1) is 0 Å². The molecule has 1 aliphatic heterocycles. The molecule has 0 aliphatic carbocycles. The van der Waals surface area contributed by atoms with E-state index in [1.807, 2.05) is 0 Å². The standard InChI is InChI=1S/C14H21NO/c1-3-12-4-6-13(7-5-12)11(2)15-14-8-9-16-10-14/h4-7,11,14-15H,3,8-10H2,1-2H3. The first-order valence-corrected chi connectivity index (χ1v) is 6.22. The van der Waals surface area contributed by atoms with Crippen molar-refractivity contribution in [2.24, 2.45) is 0 Å². The third-order valence-electron chi connectivity index (χ3n) is 3.30. The Kier molecular flexibility index (Phi) is 3.97. The van der Waals surface area contributed by atoms with Gasteiger partial charge in [-0.3, -0.25) is 0 Å². The van der Waals surface area contributed by atoms with E-state index >= 15 is 0 Å². The highest BCUT2D eigenvalue weighted by Gasteiger charge is 2.17. The quantitative estimate of drug-likeness (QED) is 0.840. The summed E-state index contributed by atoms with van der Waals surface area (Å²) < 4.78 is 5.37. The minimum atomic E-state index is 0.414. The van der Waals surface area contributed by atoms with Gasteiger partial charge in [-0.15, -0.1) is 0 Å². The Balaban J connectivity index is 1.94. The summed E-state index contributed by atoms with van der Waals surface area (Å²) in [7, 11) is 0. The van der Waals surface area contributed by atoms with Gasteiger partial charge in [-0.25, -0.2) is 0 Å². The molecular formula is C14H21NO. The number of hydrogen-bond acceptors (Lipinski definition) is 2. The molecule has 0 spiro atoms. The Morgan fingerprint density at radius 3 is 2.69 bits per heavy atom. The average Bonchev–Trinajstić information content (AvgIpc) is 2.82. The van der Waals surface area contributed by atoms with Gasteiger partial charge in [-0.05, 0) is 30.9 Å². The van der Waals surface area contributed by atoms with Crippen LogP contribution in [0.5, 0.6) is 0 Å². The number of rotatable bonds is 4. The SMILES string of the molecule is CCc1ccc(C(C)NC2CCOC2)cc1. The van der Waals surface area contributed by atoms with Crippen LogP contribution in [0.2, 0.25) is 0 Å². The average molecular weight is 219 g/mol. The Bertz CT molecular complexity index is 314. The van der Waals surface area contributed by atoms with Crippen LogP contribution in [-0.2, 0) is 11.2 Å². The molecule has 2 heteroatoms. The molecule has 0 bridgehead atoms. The molecule has 2 rings (SSSR count). The lowest BCUT2D eigenvalue weighted by molar-refractivity contribution is 0.188. The van der Waals surface area contributed by atoms with Gasteiger partial charge in [0.15, 0.2) is 0 Å². The molecule has 1 saturated heterocycles. The van der Waals surface area contributed by atoms with Crippen LogP contribution in [0.25, 0.3) is 0 Å². The molecule has 1 N–H and O–H groups in total. The first-order chi connectivity index (χ1) is 7.79. The Labute approximate surface area is 98.0 Å². The number of nitrogens with one attached hydrogen (secondary N) is 1. The summed E-state index contributed by atoms with van der Waals surface area (Å²) in [5.41, 5.74) is 2.77. The highest BCUT2D eigenvalue weighted by molar-refractivity contribution is 5.24. The first-order valence-electron chi connectivity index (χ1n) is 6.22. The van der Waals surface area contributed by atoms with Gasteiger partial charge < -0.3 is 10.1 Å². The van der Waals surface area contributed by atoms with Crippen molar-refractivity contribution < 1.29 is 4.74 Å². The van der Waals surface area contributed by atoms with Gasteiger partial charge in [0.1, 0.15) is 0 Å². The smallest absolute Gasteiger partial charge is 0.0620 e. The van der Waals surface area contributed by atoms with E-state index in [2.05, 4.69) is 43.4 Å². The fourth-order valence-electron chi connectivity index (χ4n) is 2.16. The maximum absolute atomic E-state index is 5.37. The predicted octanol–water partition coefficient (Wildman–Crippen LogP) is 2.69. The Hall–Kier alpha value is -0.860. The number of benzene rings is 1. The molecule has 1 heterocycles. The van der Waals surface area contributed by atoms with Crippen LogP contribution in [0.4, 0.5) is 0 Å². The highest BCUT2D eigenvalue weighted by Crippen LogP contribution is 2.16. The lowest BCUT2D eigenvalue weighted by Gasteiger charge is -2.18. The van der Waals surface area contributed by atoms with Gasteiger partial charge in [-0.1, -0.05) is 31.2 Å². The van der Waals surface area contributed by atoms with Gasteiger partial charge in [0.2, 0.25) is 0 Å². The van der Waals surface area contributed by atoms with Crippen LogP contribution >= 0.6 is 0 Å². The summed E-state index contributed by atoms with van der Waals surface area (Å²) >= 11 is 0. The molecule has 1 aromatic carbocycles. The van der Waals surface area contributed by atoms with E-state index in [0.717, 1.165) is 26.1 Å². The monoisotopic (exact) mass is 219 g/mol. The summed E-state index contributed by atoms with van der Waals surface area (Å²) in [6, 6.07) is 9.84. The Morgan fingerprint density at radius 2 is 2.12 bits per heavy atom. The van der Waals surface area contributed by atoms with E-state index in [-0.39, 0.29) is 0 Å². The molecule has 1 fully saturated rings. The molecular weight excluding hydrogens is 198 g/mol. The second kappa shape index (κ2) is 5.46. The summed E-state index contributed by atoms with van der Waals surface area (Å²) in [5.74, 6) is 0. The molecule has 16 heavy (non-hydrogen) atoms. The summed E-state index contributed by atoms with van der Waals surface area (Å²) in [6.07, 6.45) is 2.25. The molecule has 0 aromatic heterocycles. The van der Waals surface area contributed by atoms with E-state index in [4.69, 9.17) is 4.74 Å². The van der Waals surface area contributed by atoms with Crippen LogP contribution < -0.4 is 5.32 Å². The van der Waals surface area contributed by atoms with Crippen LogP contribution in [-0.4, -0.2) is 19.3 Å². The maximum atomic E-state index is 5.37. The third kappa shape index (κ3) is 2.83. The lowest BCUT2D eigenvalue weighted by atomic mass is 10.0. The number of hydrogen-bond donors (Lipinski definition) is 1. The zero-order chi connectivity index (χ0) is 11.4. The van der Waals surface area contributed by atoms with Crippen molar-refractivity contribution in [1.82, 2.24) is 5.32 Å². The van der Waals surface area contributed by atoms with Gasteiger partial charge >= 0.3 is 0 Å². The second-order valence-corrected chi connectivity index (χ2v) is 4.54. The largest absolute Gasteiger partial charge is 0.380 e. The number of ether oxygens (including phenoxy) is 1. The van der Waals surface area contributed by atoms with Crippen LogP contribution in [0.15, 0.2) is 24.3 Å². The molecule has 1 aromatic rings. The van der Waals surface area contributed by atoms with Crippen LogP contribution in [0.1, 0.15) is 37.4 Å². The second-order valence-electron chi connectivity index (χ2n) is 4.54. The Morgan fingerprint density at radius 1 is 1.38 bits per heavy atom. The fourth-order valence-corrected chi connectivity index (χ4v) is 2.16. The van der Waals surface area contributed by atoms with E-state index in [0.29, 0.717) is 12.1 Å². The molecule has 2 nitrogen and oxygen atoms in total. The zero-order valence-electron chi connectivity index (χ0n) is 10.2. The van der Waals surface area contributed by atoms with Gasteiger partial charge in [0, 0.05) is 18.7 Å². The minimum absolute atomic E-state index is 0.414. The fraction of sp³-hybridized carbons (Fsp3) is 0.571. The van der Waals surface area contributed by atoms with E-state index in [1.54, 1.807) is 0 Å². The summed E-state index contributed by atoms with van der Waals surface area (Å²) in [5, 5.41) is 3.61. The number of aryl methyl sites for hydroxylation is 1. The molecule has 0 amide bonds. The van der Waals surface area contributed by atoms with Crippen LogP contribution in [0.3, 0.4) is 0 Å². The van der Waals surface area contributed by atoms with Gasteiger partial charge in [-0.2, -0.15) is 0 Å². The van der Waals surface area contributed by atoms with Crippen molar-refractivity contribution in [1.29, 1.82) is 0 Å². The maximum Gasteiger partial charge on any atom is 0.0620 e. The third-order valence-corrected chi connectivity index (χ3v) is 3.30. The van der Waals surface area contributed by atoms with Gasteiger partial charge in [0.25, 0.3) is 0 Å². The van der Waals surface area contributed by atoms with Gasteiger partial charge in [0.05, 0.1) is 6.61 Å². The highest BCUT2D eigenvalue weighted by atomic mass is 16.5. The molecule has 0 radical (unpaired) electrons. The van der Waals surface area contributed by atoms with Crippen molar-refractivity contribution >= 4 is 0 Å². The van der Waals surface area contributed by atoms with Crippen molar-refractivity contribution in [3.8, 4) is 0 Å². The topological polar surface area (TPSA) is 21.3 Å². The normalized spacial score (nSPS) is 22.2. The van der Waals surface area contributed by atoms with Crippen molar-refractivity contribution in [2.75, 3.05) is 13.2 Å². The van der Waals surface area contributed by atoms with Crippen molar-refractivity contribution in [3.05, 3.63) is 35.4 Å². The van der Waals surface area contributed by atoms with Crippen molar-refractivity contribution in [3.63, 3.8) is 0 Å². The lowest BCUT2D eigenvalue weighted by Crippen LogP contribution is -2.31. The molecule has 0 saturated carbocycles. The molecule has 1 aliphatic rings. The first kappa shape index (κ1) is 11.6.